The van der Waals surface area contributed by atoms with Crippen LogP contribution < -0.4 is 5.32 Å². The lowest BCUT2D eigenvalue weighted by molar-refractivity contribution is 0.0697. The predicted octanol–water partition coefficient (Wildman–Crippen LogP) is 1.17. The Morgan fingerprint density at radius 3 is 3.33 bits per heavy atom. The molecule has 0 amide bonds. The Kier molecular flexibility index (Phi) is 3.75. The van der Waals surface area contributed by atoms with Gasteiger partial charge in [-0.25, -0.2) is 4.98 Å². The average Bonchev–Trinajstić information content (AvgIpc) is 2.75. The molecule has 15 heavy (non-hydrogen) atoms. The van der Waals surface area contributed by atoms with Crippen molar-refractivity contribution in [3.8, 4) is 0 Å². The van der Waals surface area contributed by atoms with Crippen LogP contribution in [0.2, 0.25) is 0 Å². The van der Waals surface area contributed by atoms with Crippen molar-refractivity contribution in [3.63, 3.8) is 0 Å². The van der Waals surface area contributed by atoms with Gasteiger partial charge in [0.1, 0.15) is 0 Å². The van der Waals surface area contributed by atoms with E-state index in [1.165, 1.54) is 18.5 Å². The number of aryl methyl sites for hydroxylation is 1. The molecule has 1 aromatic heterocycles. The van der Waals surface area contributed by atoms with Crippen LogP contribution in [0.5, 0.6) is 0 Å². The van der Waals surface area contributed by atoms with Gasteiger partial charge in [0.2, 0.25) is 0 Å². The number of hydrogen-bond donors (Lipinski definition) is 1. The number of nitrogens with one attached hydrogen (secondary N) is 1. The first-order chi connectivity index (χ1) is 7.40. The van der Waals surface area contributed by atoms with Crippen molar-refractivity contribution in [2.75, 3.05) is 13.2 Å². The zero-order valence-corrected chi connectivity index (χ0v) is 9.28. The average molecular weight is 209 g/mol. The summed E-state index contributed by atoms with van der Waals surface area (Å²) in [4.78, 5) is 4.15. The van der Waals surface area contributed by atoms with Crippen LogP contribution in [0.1, 0.15) is 25.5 Å². The first kappa shape index (κ1) is 10.6. The van der Waals surface area contributed by atoms with E-state index in [0.717, 1.165) is 26.3 Å². The molecule has 1 aromatic rings. The van der Waals surface area contributed by atoms with Crippen molar-refractivity contribution in [3.05, 3.63) is 18.2 Å². The Morgan fingerprint density at radius 2 is 2.60 bits per heavy atom. The number of hydrogen-bond acceptors (Lipinski definition) is 3. The largest absolute Gasteiger partial charge is 0.380 e. The van der Waals surface area contributed by atoms with Crippen molar-refractivity contribution in [1.82, 2.24) is 14.9 Å². The molecule has 0 spiro atoms. The summed E-state index contributed by atoms with van der Waals surface area (Å²) in [6.07, 6.45) is 6.21. The van der Waals surface area contributed by atoms with Crippen LogP contribution >= 0.6 is 0 Å². The van der Waals surface area contributed by atoms with Crippen LogP contribution in [-0.2, 0) is 17.8 Å². The number of ether oxygens (including phenoxy) is 1. The second-order valence-corrected chi connectivity index (χ2v) is 3.97. The SMILES string of the molecule is CCn1cncc1CNC1CCCOC1. The van der Waals surface area contributed by atoms with Crippen LogP contribution in [0, 0.1) is 0 Å². The highest BCUT2D eigenvalue weighted by atomic mass is 16.5. The summed E-state index contributed by atoms with van der Waals surface area (Å²) >= 11 is 0. The maximum absolute atomic E-state index is 5.42. The minimum Gasteiger partial charge on any atom is -0.380 e. The van der Waals surface area contributed by atoms with E-state index in [1.807, 2.05) is 12.5 Å². The summed E-state index contributed by atoms with van der Waals surface area (Å²) in [7, 11) is 0. The van der Waals surface area contributed by atoms with Gasteiger partial charge < -0.3 is 14.6 Å². The van der Waals surface area contributed by atoms with Gasteiger partial charge in [-0.2, -0.15) is 0 Å². The molecule has 1 N–H and O–H groups in total. The van der Waals surface area contributed by atoms with Gasteiger partial charge in [-0.15, -0.1) is 0 Å². The molecule has 2 rings (SSSR count). The molecule has 1 unspecified atom stereocenters. The molecule has 1 fully saturated rings. The van der Waals surface area contributed by atoms with E-state index in [-0.39, 0.29) is 0 Å². The van der Waals surface area contributed by atoms with Crippen LogP contribution in [0.4, 0.5) is 0 Å². The fourth-order valence-corrected chi connectivity index (χ4v) is 1.93. The van der Waals surface area contributed by atoms with E-state index >= 15 is 0 Å². The third kappa shape index (κ3) is 2.79. The highest BCUT2D eigenvalue weighted by Gasteiger charge is 2.13. The molecule has 0 saturated carbocycles. The van der Waals surface area contributed by atoms with Gasteiger partial charge in [-0.1, -0.05) is 0 Å². The van der Waals surface area contributed by atoms with Gasteiger partial charge in [0, 0.05) is 31.9 Å². The molecule has 1 aliphatic rings. The second-order valence-electron chi connectivity index (χ2n) is 3.97. The zero-order valence-electron chi connectivity index (χ0n) is 9.28. The molecule has 4 nitrogen and oxygen atoms in total. The normalized spacial score (nSPS) is 21.8. The summed E-state index contributed by atoms with van der Waals surface area (Å²) in [6.45, 7) is 5.78. The van der Waals surface area contributed by atoms with E-state index in [4.69, 9.17) is 4.74 Å². The van der Waals surface area contributed by atoms with Gasteiger partial charge in [0.25, 0.3) is 0 Å². The Morgan fingerprint density at radius 1 is 1.67 bits per heavy atom. The third-order valence-electron chi connectivity index (χ3n) is 2.87. The Balaban J connectivity index is 1.81. The number of imidazole rings is 1. The summed E-state index contributed by atoms with van der Waals surface area (Å²) in [5.41, 5.74) is 1.25. The minimum atomic E-state index is 0.513. The van der Waals surface area contributed by atoms with E-state index in [2.05, 4.69) is 21.8 Å². The minimum absolute atomic E-state index is 0.513. The quantitative estimate of drug-likeness (QED) is 0.809. The lowest BCUT2D eigenvalue weighted by atomic mass is 10.1. The van der Waals surface area contributed by atoms with Gasteiger partial charge in [0.15, 0.2) is 0 Å². The molecule has 1 atom stereocenters. The topological polar surface area (TPSA) is 39.1 Å². The van der Waals surface area contributed by atoms with Crippen LogP contribution in [0.15, 0.2) is 12.5 Å². The molecule has 0 aliphatic carbocycles. The summed E-state index contributed by atoms with van der Waals surface area (Å²) in [5, 5.41) is 3.51. The van der Waals surface area contributed by atoms with Gasteiger partial charge in [-0.3, -0.25) is 0 Å². The van der Waals surface area contributed by atoms with Crippen LogP contribution in [-0.4, -0.2) is 28.8 Å². The lowest BCUT2D eigenvalue weighted by Gasteiger charge is -2.23. The molecule has 0 aromatic carbocycles. The first-order valence-electron chi connectivity index (χ1n) is 5.70. The first-order valence-corrected chi connectivity index (χ1v) is 5.70. The molecular formula is C11H19N3O. The van der Waals surface area contributed by atoms with Crippen LogP contribution in [0.25, 0.3) is 0 Å². The molecule has 4 heteroatoms. The van der Waals surface area contributed by atoms with E-state index in [0.29, 0.717) is 6.04 Å². The molecule has 84 valence electrons. The van der Waals surface area contributed by atoms with Crippen molar-refractivity contribution in [2.45, 2.75) is 38.9 Å². The number of aromatic nitrogens is 2. The maximum atomic E-state index is 5.42. The maximum Gasteiger partial charge on any atom is 0.0948 e. The van der Waals surface area contributed by atoms with Crippen molar-refractivity contribution < 1.29 is 4.74 Å². The highest BCUT2D eigenvalue weighted by molar-refractivity contribution is 4.98. The highest BCUT2D eigenvalue weighted by Crippen LogP contribution is 2.07. The number of rotatable bonds is 4. The Labute approximate surface area is 90.6 Å². The second kappa shape index (κ2) is 5.28. The smallest absolute Gasteiger partial charge is 0.0948 e. The molecule has 2 heterocycles. The third-order valence-corrected chi connectivity index (χ3v) is 2.87. The Bertz CT molecular complexity index is 292. The summed E-state index contributed by atoms with van der Waals surface area (Å²) in [6, 6.07) is 0.513. The summed E-state index contributed by atoms with van der Waals surface area (Å²) < 4.78 is 7.59. The molecule has 0 bridgehead atoms. The van der Waals surface area contributed by atoms with Crippen molar-refractivity contribution in [2.24, 2.45) is 0 Å². The summed E-state index contributed by atoms with van der Waals surface area (Å²) in [5.74, 6) is 0. The van der Waals surface area contributed by atoms with Crippen molar-refractivity contribution in [1.29, 1.82) is 0 Å². The van der Waals surface area contributed by atoms with Crippen LogP contribution in [0.3, 0.4) is 0 Å². The predicted molar refractivity (Wildman–Crippen MR) is 58.6 cm³/mol. The number of nitrogens with zero attached hydrogens (tertiary/aromatic N) is 2. The van der Waals surface area contributed by atoms with Crippen molar-refractivity contribution >= 4 is 0 Å². The zero-order chi connectivity index (χ0) is 10.5. The molecule has 1 aliphatic heterocycles. The van der Waals surface area contributed by atoms with E-state index in [1.54, 1.807) is 0 Å². The Hall–Kier alpha value is -0.870. The van der Waals surface area contributed by atoms with E-state index in [9.17, 15) is 0 Å². The monoisotopic (exact) mass is 209 g/mol. The lowest BCUT2D eigenvalue weighted by Crippen LogP contribution is -2.36. The van der Waals surface area contributed by atoms with Gasteiger partial charge >= 0.3 is 0 Å². The molecule has 1 saturated heterocycles. The van der Waals surface area contributed by atoms with Gasteiger partial charge in [0.05, 0.1) is 18.6 Å². The fraction of sp³-hybridized carbons (Fsp3) is 0.727. The molecule has 0 radical (unpaired) electrons. The molecular weight excluding hydrogens is 190 g/mol. The standard InChI is InChI=1S/C11H19N3O/c1-2-14-9-12-6-11(14)7-13-10-4-3-5-15-8-10/h6,9-10,13H,2-5,7-8H2,1H3. The fourth-order valence-electron chi connectivity index (χ4n) is 1.93. The van der Waals surface area contributed by atoms with Gasteiger partial charge in [-0.05, 0) is 19.8 Å². The van der Waals surface area contributed by atoms with E-state index < -0.39 is 0 Å².